The zero-order valence-electron chi connectivity index (χ0n) is 15.0. The van der Waals surface area contributed by atoms with Crippen LogP contribution in [0.2, 0.25) is 0 Å². The second-order valence-electron chi connectivity index (χ2n) is 7.54. The maximum Gasteiger partial charge on any atom is 0.146 e. The number of nitrogens with zero attached hydrogens (tertiary/aromatic N) is 2. The first-order valence-corrected chi connectivity index (χ1v) is 8.18. The number of aromatic nitrogens is 2. The third-order valence-corrected chi connectivity index (χ3v) is 4.00. The minimum absolute atomic E-state index is 0.0381. The molecular formula is C19H27N3O. The molecule has 0 amide bonds. The Morgan fingerprint density at radius 1 is 1.26 bits per heavy atom. The minimum Gasteiger partial charge on any atom is -0.303 e. The highest BCUT2D eigenvalue weighted by atomic mass is 16.1. The summed E-state index contributed by atoms with van der Waals surface area (Å²) < 4.78 is 0. The van der Waals surface area contributed by atoms with Gasteiger partial charge in [0.1, 0.15) is 5.78 Å². The van der Waals surface area contributed by atoms with Gasteiger partial charge in [0.25, 0.3) is 0 Å². The molecule has 1 N–H and O–H groups in total. The lowest BCUT2D eigenvalue weighted by molar-refractivity contribution is -0.120. The second kappa shape index (κ2) is 6.75. The summed E-state index contributed by atoms with van der Waals surface area (Å²) in [5, 5.41) is 4.43. The van der Waals surface area contributed by atoms with Crippen LogP contribution in [0.4, 0.5) is 0 Å². The number of Topliss-reactive ketones (excluding diaryl/α,β-unsaturated/α-hetero) is 1. The lowest BCUT2D eigenvalue weighted by Crippen LogP contribution is -2.39. The fourth-order valence-electron chi connectivity index (χ4n) is 2.83. The highest BCUT2D eigenvalue weighted by Gasteiger charge is 2.20. The SMILES string of the molecule is CC(=O)C(NCc1cnc2c(C(C)(C)C)nccc2c1)C(C)C. The van der Waals surface area contributed by atoms with Gasteiger partial charge in [0.05, 0.1) is 17.3 Å². The molecule has 0 fully saturated rings. The van der Waals surface area contributed by atoms with Gasteiger partial charge in [-0.3, -0.25) is 14.8 Å². The fourth-order valence-corrected chi connectivity index (χ4v) is 2.83. The van der Waals surface area contributed by atoms with E-state index in [4.69, 9.17) is 0 Å². The number of carbonyl (C=O) groups is 1. The Morgan fingerprint density at radius 2 is 1.96 bits per heavy atom. The molecule has 0 saturated heterocycles. The topological polar surface area (TPSA) is 54.9 Å². The van der Waals surface area contributed by atoms with E-state index < -0.39 is 0 Å². The quantitative estimate of drug-likeness (QED) is 0.916. The molecule has 2 heterocycles. The van der Waals surface area contributed by atoms with Crippen LogP contribution in [0.25, 0.3) is 10.9 Å². The number of rotatable bonds is 5. The van der Waals surface area contributed by atoms with E-state index in [1.807, 2.05) is 18.5 Å². The molecule has 0 saturated carbocycles. The van der Waals surface area contributed by atoms with E-state index in [2.05, 4.69) is 56.0 Å². The minimum atomic E-state index is -0.117. The number of hydrogen-bond acceptors (Lipinski definition) is 4. The zero-order chi connectivity index (χ0) is 17.2. The molecule has 0 aliphatic heterocycles. The summed E-state index contributed by atoms with van der Waals surface area (Å²) in [7, 11) is 0. The van der Waals surface area contributed by atoms with E-state index in [1.165, 1.54) is 0 Å². The average molecular weight is 313 g/mol. The van der Waals surface area contributed by atoms with Crippen LogP contribution < -0.4 is 5.32 Å². The van der Waals surface area contributed by atoms with E-state index in [9.17, 15) is 4.79 Å². The second-order valence-corrected chi connectivity index (χ2v) is 7.54. The number of fused-ring (bicyclic) bond motifs is 1. The van der Waals surface area contributed by atoms with Gasteiger partial charge in [-0.05, 0) is 30.5 Å². The van der Waals surface area contributed by atoms with Crippen molar-refractivity contribution in [1.29, 1.82) is 0 Å². The zero-order valence-corrected chi connectivity index (χ0v) is 15.0. The predicted molar refractivity (Wildman–Crippen MR) is 94.4 cm³/mol. The van der Waals surface area contributed by atoms with Gasteiger partial charge in [0.15, 0.2) is 0 Å². The molecule has 1 atom stereocenters. The van der Waals surface area contributed by atoms with E-state index in [0.29, 0.717) is 6.54 Å². The van der Waals surface area contributed by atoms with Crippen molar-refractivity contribution in [2.24, 2.45) is 5.92 Å². The number of nitrogens with one attached hydrogen (secondary N) is 1. The van der Waals surface area contributed by atoms with Crippen molar-refractivity contribution in [3.8, 4) is 0 Å². The highest BCUT2D eigenvalue weighted by molar-refractivity contribution is 5.82. The third-order valence-electron chi connectivity index (χ3n) is 4.00. The van der Waals surface area contributed by atoms with E-state index >= 15 is 0 Å². The molecular weight excluding hydrogens is 286 g/mol. The summed E-state index contributed by atoms with van der Waals surface area (Å²) in [5.41, 5.74) is 3.01. The molecule has 2 aromatic rings. The van der Waals surface area contributed by atoms with Crippen LogP contribution in [0, 0.1) is 5.92 Å². The summed E-state index contributed by atoms with van der Waals surface area (Å²) in [6.45, 7) is 12.8. The molecule has 0 aromatic carbocycles. The van der Waals surface area contributed by atoms with E-state index in [1.54, 1.807) is 6.92 Å². The molecule has 4 heteroatoms. The Balaban J connectivity index is 2.26. The van der Waals surface area contributed by atoms with E-state index in [-0.39, 0.29) is 23.2 Å². The first kappa shape index (κ1) is 17.5. The van der Waals surface area contributed by atoms with Crippen molar-refractivity contribution < 1.29 is 4.79 Å². The van der Waals surface area contributed by atoms with Crippen LogP contribution in [0.15, 0.2) is 24.5 Å². The summed E-state index contributed by atoms with van der Waals surface area (Å²) in [5.74, 6) is 0.450. The predicted octanol–water partition coefficient (Wildman–Crippen LogP) is 3.63. The standard InChI is InChI=1S/C19H27N3O/c1-12(2)16(13(3)23)21-10-14-9-15-7-8-20-18(19(4,5)6)17(15)22-11-14/h7-9,11-12,16,21H,10H2,1-6H3. The van der Waals surface area contributed by atoms with Gasteiger partial charge in [-0.2, -0.15) is 0 Å². The van der Waals surface area contributed by atoms with Crippen LogP contribution in [0.1, 0.15) is 52.8 Å². The first-order valence-electron chi connectivity index (χ1n) is 8.18. The molecule has 0 aliphatic rings. The average Bonchev–Trinajstić information content (AvgIpc) is 2.44. The molecule has 0 bridgehead atoms. The molecule has 4 nitrogen and oxygen atoms in total. The smallest absolute Gasteiger partial charge is 0.146 e. The van der Waals surface area contributed by atoms with Gasteiger partial charge in [-0.25, -0.2) is 0 Å². The monoisotopic (exact) mass is 313 g/mol. The van der Waals surface area contributed by atoms with Crippen LogP contribution in [0.3, 0.4) is 0 Å². The van der Waals surface area contributed by atoms with Gasteiger partial charge in [0, 0.05) is 29.7 Å². The lowest BCUT2D eigenvalue weighted by atomic mass is 9.90. The molecule has 0 aliphatic carbocycles. The van der Waals surface area contributed by atoms with Crippen molar-refractivity contribution in [2.45, 2.75) is 59.5 Å². The fraction of sp³-hybridized carbons (Fsp3) is 0.526. The number of ketones is 1. The van der Waals surface area contributed by atoms with Crippen molar-refractivity contribution >= 4 is 16.7 Å². The Morgan fingerprint density at radius 3 is 2.52 bits per heavy atom. The summed E-state index contributed by atoms with van der Waals surface area (Å²) in [6, 6.07) is 4.00. The molecule has 124 valence electrons. The van der Waals surface area contributed by atoms with Crippen molar-refractivity contribution in [2.75, 3.05) is 0 Å². The Labute approximate surface area is 138 Å². The molecule has 0 radical (unpaired) electrons. The Bertz CT molecular complexity index is 701. The Kier molecular flexibility index (Phi) is 5.15. The highest BCUT2D eigenvalue weighted by Crippen LogP contribution is 2.26. The van der Waals surface area contributed by atoms with Crippen LogP contribution in [-0.2, 0) is 16.8 Å². The third kappa shape index (κ3) is 4.14. The molecule has 2 aromatic heterocycles. The van der Waals surface area contributed by atoms with Crippen molar-refractivity contribution in [3.63, 3.8) is 0 Å². The summed E-state index contributed by atoms with van der Waals surface area (Å²) in [6.07, 6.45) is 3.72. The first-order chi connectivity index (χ1) is 10.7. The van der Waals surface area contributed by atoms with Gasteiger partial charge in [-0.1, -0.05) is 34.6 Å². The molecule has 1 unspecified atom stereocenters. The van der Waals surface area contributed by atoms with Gasteiger partial charge in [0.2, 0.25) is 0 Å². The Hall–Kier alpha value is -1.81. The van der Waals surface area contributed by atoms with Crippen molar-refractivity contribution in [3.05, 3.63) is 35.8 Å². The summed E-state index contributed by atoms with van der Waals surface area (Å²) >= 11 is 0. The number of pyridine rings is 2. The van der Waals surface area contributed by atoms with Gasteiger partial charge >= 0.3 is 0 Å². The van der Waals surface area contributed by atoms with Crippen LogP contribution in [-0.4, -0.2) is 21.8 Å². The summed E-state index contributed by atoms with van der Waals surface area (Å²) in [4.78, 5) is 20.8. The largest absolute Gasteiger partial charge is 0.303 e. The maximum atomic E-state index is 11.7. The van der Waals surface area contributed by atoms with Gasteiger partial charge < -0.3 is 5.32 Å². The normalized spacial score (nSPS) is 13.5. The van der Waals surface area contributed by atoms with E-state index in [0.717, 1.165) is 22.2 Å². The van der Waals surface area contributed by atoms with Crippen LogP contribution in [0.5, 0.6) is 0 Å². The molecule has 23 heavy (non-hydrogen) atoms. The lowest BCUT2D eigenvalue weighted by Gasteiger charge is -2.20. The van der Waals surface area contributed by atoms with Crippen LogP contribution >= 0.6 is 0 Å². The maximum absolute atomic E-state index is 11.7. The number of hydrogen-bond donors (Lipinski definition) is 1. The van der Waals surface area contributed by atoms with Crippen molar-refractivity contribution in [1.82, 2.24) is 15.3 Å². The molecule has 0 spiro atoms. The number of carbonyl (C=O) groups excluding carboxylic acids is 1. The molecule has 2 rings (SSSR count). The van der Waals surface area contributed by atoms with Gasteiger partial charge in [-0.15, -0.1) is 0 Å².